The normalized spacial score (nSPS) is 32.4. The van der Waals surface area contributed by atoms with Crippen LogP contribution in [0.15, 0.2) is 0 Å². The van der Waals surface area contributed by atoms with Crippen LogP contribution in [0.2, 0.25) is 0 Å². The number of rotatable bonds is 10. The van der Waals surface area contributed by atoms with Crippen LogP contribution in [0.4, 0.5) is 0 Å². The Morgan fingerprint density at radius 1 is 0.679 bits per heavy atom. The summed E-state index contributed by atoms with van der Waals surface area (Å²) in [5.74, 6) is -2.59. The van der Waals surface area contributed by atoms with Crippen LogP contribution >= 0.6 is 12.3 Å². The summed E-state index contributed by atoms with van der Waals surface area (Å²) in [6, 6.07) is 0. The molecule has 4 N–H and O–H groups in total. The van der Waals surface area contributed by atoms with Crippen molar-refractivity contribution in [3.05, 3.63) is 0 Å². The Kier molecular flexibility index (Phi) is 8.99. The van der Waals surface area contributed by atoms with Gasteiger partial charge < -0.3 is 0 Å². The van der Waals surface area contributed by atoms with Crippen molar-refractivity contribution in [1.82, 2.24) is 0 Å². The molecule has 0 aromatic carbocycles. The van der Waals surface area contributed by atoms with Crippen LogP contribution in [0.3, 0.4) is 0 Å². The van der Waals surface area contributed by atoms with Crippen molar-refractivity contribution in [2.45, 2.75) is 38.3 Å². The minimum atomic E-state index is -5.26. The fourth-order valence-electron chi connectivity index (χ4n) is 2.70. The second-order valence-electron chi connectivity index (χ2n) is 5.46. The maximum absolute atomic E-state index is 11.2. The Hall–Kier alpha value is -0.200. The van der Waals surface area contributed by atoms with E-state index in [4.69, 9.17) is 23.1 Å². The molecule has 1 fully saturated rings. The SMILES string of the molecule is C[C@@H]1[C@@H](OS(=O)(=O)O)[C@H](C)[C@@H](OSOOO)[C@@H](OS(=O)(=O)O)[C@H]1OS(=O)(=O)O. The van der Waals surface area contributed by atoms with Crippen molar-refractivity contribution in [3.8, 4) is 0 Å². The summed E-state index contributed by atoms with van der Waals surface area (Å²) in [4.78, 5) is 0. The topological polar surface area (TPSA) is 239 Å². The quantitative estimate of drug-likeness (QED) is 0.0951. The van der Waals surface area contributed by atoms with Crippen molar-refractivity contribution < 1.29 is 70.3 Å². The van der Waals surface area contributed by atoms with Gasteiger partial charge in [-0.3, -0.25) is 17.8 Å². The third-order valence-corrected chi connectivity index (χ3v) is 5.44. The zero-order valence-corrected chi connectivity index (χ0v) is 17.1. The summed E-state index contributed by atoms with van der Waals surface area (Å²) in [6.07, 6.45) is -7.33. The molecular weight excluding hydrogens is 480 g/mol. The van der Waals surface area contributed by atoms with Gasteiger partial charge in [-0.2, -0.15) is 25.3 Å². The van der Waals surface area contributed by atoms with Gasteiger partial charge in [0.25, 0.3) is 0 Å². The smallest absolute Gasteiger partial charge is 0.283 e. The molecule has 0 spiro atoms. The first-order valence-corrected chi connectivity index (χ1v) is 11.6. The standard InChI is InChI=1S/C8H16O16S4/c1-3-5(20-26(10,11)12)4(2)7(21-27(13,14)15)8(22-28(16,17)18)6(3)19-25-24-23-9/h3-9H,1-2H3,(H,10,11,12)(H,13,14,15)(H,16,17,18)/t3-,4+,5-,6+,7-,8+/m0/s1. The zero-order chi connectivity index (χ0) is 21.9. The molecule has 0 aromatic heterocycles. The number of hydrogen-bond acceptors (Lipinski definition) is 14. The Labute approximate surface area is 164 Å². The summed E-state index contributed by atoms with van der Waals surface area (Å²) in [6.45, 7) is 2.32. The molecule has 1 rings (SSSR count). The summed E-state index contributed by atoms with van der Waals surface area (Å²) >= 11 is -0.129. The van der Waals surface area contributed by atoms with Crippen LogP contribution in [0.1, 0.15) is 13.8 Å². The van der Waals surface area contributed by atoms with Gasteiger partial charge in [0, 0.05) is 11.8 Å². The fourth-order valence-corrected chi connectivity index (χ4v) is 4.83. The highest BCUT2D eigenvalue weighted by Gasteiger charge is 2.54. The molecule has 0 bridgehead atoms. The van der Waals surface area contributed by atoms with E-state index in [-0.39, 0.29) is 12.3 Å². The molecule has 20 heteroatoms. The first-order chi connectivity index (χ1) is 12.6. The predicted molar refractivity (Wildman–Crippen MR) is 84.9 cm³/mol. The van der Waals surface area contributed by atoms with E-state index in [9.17, 15) is 25.3 Å². The molecule has 0 heterocycles. The van der Waals surface area contributed by atoms with E-state index in [2.05, 4.69) is 21.9 Å². The van der Waals surface area contributed by atoms with E-state index in [0.29, 0.717) is 0 Å². The Morgan fingerprint density at radius 3 is 1.50 bits per heavy atom. The lowest BCUT2D eigenvalue weighted by Gasteiger charge is -2.45. The minimum absolute atomic E-state index is 0.129. The van der Waals surface area contributed by atoms with Crippen LogP contribution in [0.25, 0.3) is 0 Å². The molecule has 16 nitrogen and oxygen atoms in total. The highest BCUT2D eigenvalue weighted by molar-refractivity contribution is 7.89. The minimum Gasteiger partial charge on any atom is -0.283 e. The largest absolute Gasteiger partial charge is 0.397 e. The highest BCUT2D eigenvalue weighted by atomic mass is 32.3. The van der Waals surface area contributed by atoms with E-state index in [1.807, 2.05) is 0 Å². The van der Waals surface area contributed by atoms with Gasteiger partial charge in [-0.25, -0.2) is 17.8 Å². The molecule has 0 saturated heterocycles. The monoisotopic (exact) mass is 496 g/mol. The Bertz CT molecular complexity index is 819. The molecule has 0 amide bonds. The molecule has 6 atom stereocenters. The maximum atomic E-state index is 11.2. The van der Waals surface area contributed by atoms with Crippen LogP contribution in [-0.2, 0) is 57.3 Å². The second-order valence-corrected chi connectivity index (χ2v) is 9.06. The van der Waals surface area contributed by atoms with Gasteiger partial charge in [0.05, 0.1) is 6.10 Å². The van der Waals surface area contributed by atoms with E-state index in [1.165, 1.54) is 6.92 Å². The zero-order valence-electron chi connectivity index (χ0n) is 13.8. The molecule has 1 saturated carbocycles. The molecule has 1 aliphatic carbocycles. The van der Waals surface area contributed by atoms with E-state index >= 15 is 0 Å². The van der Waals surface area contributed by atoms with Crippen molar-refractivity contribution in [3.63, 3.8) is 0 Å². The molecule has 0 aromatic rings. The average Bonchev–Trinajstić information content (AvgIpc) is 2.48. The predicted octanol–water partition coefficient (Wildman–Crippen LogP) is -0.794. The van der Waals surface area contributed by atoms with Gasteiger partial charge in [0.2, 0.25) is 0 Å². The third-order valence-electron chi connectivity index (χ3n) is 3.63. The van der Waals surface area contributed by atoms with Gasteiger partial charge in [-0.05, 0) is 0 Å². The van der Waals surface area contributed by atoms with Crippen LogP contribution in [0, 0.1) is 11.8 Å². The fraction of sp³-hybridized carbons (Fsp3) is 1.00. The number of hydrogen-bond donors (Lipinski definition) is 4. The van der Waals surface area contributed by atoms with Crippen molar-refractivity contribution in [1.29, 1.82) is 0 Å². The van der Waals surface area contributed by atoms with Crippen molar-refractivity contribution in [2.75, 3.05) is 0 Å². The first-order valence-electron chi connectivity index (χ1n) is 6.83. The Morgan fingerprint density at radius 2 is 1.07 bits per heavy atom. The first kappa shape index (κ1) is 25.8. The molecule has 28 heavy (non-hydrogen) atoms. The summed E-state index contributed by atoms with van der Waals surface area (Å²) in [7, 11) is -15.6. The Balaban J connectivity index is 3.41. The van der Waals surface area contributed by atoms with Gasteiger partial charge in [0.1, 0.15) is 18.3 Å². The lowest BCUT2D eigenvalue weighted by molar-refractivity contribution is -0.434. The van der Waals surface area contributed by atoms with Crippen molar-refractivity contribution >= 4 is 43.5 Å². The van der Waals surface area contributed by atoms with Gasteiger partial charge >= 0.3 is 31.2 Å². The summed E-state index contributed by atoms with van der Waals surface area (Å²) < 4.78 is 116. The molecule has 0 unspecified atom stereocenters. The highest BCUT2D eigenvalue weighted by Crippen LogP contribution is 2.40. The lowest BCUT2D eigenvalue weighted by atomic mass is 9.75. The van der Waals surface area contributed by atoms with E-state index in [0.717, 1.165) is 6.92 Å². The van der Waals surface area contributed by atoms with Crippen LogP contribution in [-0.4, -0.2) is 68.6 Å². The molecule has 0 radical (unpaired) electrons. The average molecular weight is 496 g/mol. The van der Waals surface area contributed by atoms with E-state index < -0.39 is 67.4 Å². The van der Waals surface area contributed by atoms with Crippen LogP contribution < -0.4 is 0 Å². The molecule has 168 valence electrons. The lowest BCUT2D eigenvalue weighted by Crippen LogP contribution is -2.60. The maximum Gasteiger partial charge on any atom is 0.397 e. The molecule has 0 aliphatic heterocycles. The van der Waals surface area contributed by atoms with Crippen LogP contribution in [0.5, 0.6) is 0 Å². The van der Waals surface area contributed by atoms with Crippen molar-refractivity contribution in [2.24, 2.45) is 11.8 Å². The summed E-state index contributed by atoms with van der Waals surface area (Å²) in [5, 5.41) is 11.3. The van der Waals surface area contributed by atoms with E-state index in [1.54, 1.807) is 0 Å². The molecule has 1 aliphatic rings. The third kappa shape index (κ3) is 8.27. The van der Waals surface area contributed by atoms with Gasteiger partial charge in [-0.15, -0.1) is 4.33 Å². The molecular formula is C8H16O16S4. The van der Waals surface area contributed by atoms with Gasteiger partial charge in [0.15, 0.2) is 12.3 Å². The second kappa shape index (κ2) is 9.74. The summed E-state index contributed by atoms with van der Waals surface area (Å²) in [5.41, 5.74) is 0. The van der Waals surface area contributed by atoms with Gasteiger partial charge in [-0.1, -0.05) is 18.9 Å².